The first-order chi connectivity index (χ1) is 7.70. The van der Waals surface area contributed by atoms with Gasteiger partial charge in [-0.05, 0) is 25.7 Å². The summed E-state index contributed by atoms with van der Waals surface area (Å²) in [6, 6.07) is 0. The molecule has 1 amide bonds. The van der Waals surface area contributed by atoms with Crippen LogP contribution >= 0.6 is 0 Å². The zero-order valence-electron chi connectivity index (χ0n) is 10.3. The van der Waals surface area contributed by atoms with E-state index in [0.717, 1.165) is 26.1 Å². The van der Waals surface area contributed by atoms with Crippen LogP contribution in [0.3, 0.4) is 0 Å². The van der Waals surface area contributed by atoms with Gasteiger partial charge in [0.15, 0.2) is 0 Å². The molecule has 1 aliphatic rings. The van der Waals surface area contributed by atoms with Gasteiger partial charge in [-0.1, -0.05) is 6.92 Å². The lowest BCUT2D eigenvalue weighted by Gasteiger charge is -2.31. The largest absolute Gasteiger partial charge is 0.395 e. The quantitative estimate of drug-likeness (QED) is 0.761. The van der Waals surface area contributed by atoms with Crippen molar-refractivity contribution in [2.45, 2.75) is 26.7 Å². The van der Waals surface area contributed by atoms with Gasteiger partial charge in [0, 0.05) is 32.2 Å². The maximum atomic E-state index is 12.1. The Morgan fingerprint density at radius 1 is 1.50 bits per heavy atom. The van der Waals surface area contributed by atoms with Gasteiger partial charge in [-0.25, -0.2) is 0 Å². The van der Waals surface area contributed by atoms with Gasteiger partial charge in [0.2, 0.25) is 5.91 Å². The predicted octanol–water partition coefficient (Wildman–Crippen LogP) is 0.890. The van der Waals surface area contributed by atoms with Crippen molar-refractivity contribution < 1.29 is 14.6 Å². The van der Waals surface area contributed by atoms with Crippen LogP contribution in [0.15, 0.2) is 0 Å². The first kappa shape index (κ1) is 13.5. The van der Waals surface area contributed by atoms with Crippen molar-refractivity contribution >= 4 is 5.91 Å². The fraction of sp³-hybridized carbons (Fsp3) is 0.917. The summed E-state index contributed by atoms with van der Waals surface area (Å²) in [6.45, 7) is 6.65. The molecule has 0 saturated carbocycles. The maximum Gasteiger partial charge on any atom is 0.225 e. The molecular weight excluding hydrogens is 206 g/mol. The van der Waals surface area contributed by atoms with Crippen LogP contribution in [0.4, 0.5) is 0 Å². The lowest BCUT2D eigenvalue weighted by Crippen LogP contribution is -2.40. The SMILES string of the molecule is CCN(CCO)C(=O)C(C)C1CCOCC1. The molecule has 0 radical (unpaired) electrons. The molecule has 1 N–H and O–H groups in total. The van der Waals surface area contributed by atoms with Crippen LogP contribution in [-0.2, 0) is 9.53 Å². The molecule has 0 aromatic carbocycles. The molecular formula is C12H23NO3. The Bertz CT molecular complexity index is 214. The molecule has 0 aromatic rings. The van der Waals surface area contributed by atoms with Crippen molar-refractivity contribution in [2.24, 2.45) is 11.8 Å². The van der Waals surface area contributed by atoms with Crippen molar-refractivity contribution in [2.75, 3.05) is 32.9 Å². The molecule has 1 unspecified atom stereocenters. The van der Waals surface area contributed by atoms with Gasteiger partial charge in [0.1, 0.15) is 0 Å². The molecule has 0 aromatic heterocycles. The average molecular weight is 229 g/mol. The number of carbonyl (C=O) groups excluding carboxylic acids is 1. The third-order valence-electron chi connectivity index (χ3n) is 3.43. The Kier molecular flexibility index (Phi) is 5.77. The highest BCUT2D eigenvalue weighted by Crippen LogP contribution is 2.25. The molecule has 1 atom stereocenters. The average Bonchev–Trinajstić information content (AvgIpc) is 2.35. The Labute approximate surface area is 97.6 Å². The number of ether oxygens (including phenoxy) is 1. The topological polar surface area (TPSA) is 49.8 Å². The second-order valence-corrected chi connectivity index (χ2v) is 4.38. The number of rotatable bonds is 5. The number of amides is 1. The predicted molar refractivity (Wildman–Crippen MR) is 62.0 cm³/mol. The van der Waals surface area contributed by atoms with Crippen molar-refractivity contribution in [1.82, 2.24) is 4.90 Å². The molecule has 1 fully saturated rings. The Morgan fingerprint density at radius 2 is 2.12 bits per heavy atom. The van der Waals surface area contributed by atoms with E-state index in [1.54, 1.807) is 4.90 Å². The van der Waals surface area contributed by atoms with E-state index in [4.69, 9.17) is 9.84 Å². The van der Waals surface area contributed by atoms with Crippen LogP contribution in [0.25, 0.3) is 0 Å². The lowest BCUT2D eigenvalue weighted by molar-refractivity contribution is -0.138. The molecule has 0 bridgehead atoms. The van der Waals surface area contributed by atoms with Crippen LogP contribution in [0.1, 0.15) is 26.7 Å². The fourth-order valence-electron chi connectivity index (χ4n) is 2.25. The zero-order valence-corrected chi connectivity index (χ0v) is 10.3. The van der Waals surface area contributed by atoms with Gasteiger partial charge in [0.05, 0.1) is 6.61 Å². The van der Waals surface area contributed by atoms with Gasteiger partial charge in [-0.3, -0.25) is 4.79 Å². The van der Waals surface area contributed by atoms with E-state index in [9.17, 15) is 4.79 Å². The summed E-state index contributed by atoms with van der Waals surface area (Å²) in [5, 5.41) is 8.89. The summed E-state index contributed by atoms with van der Waals surface area (Å²) < 4.78 is 5.30. The van der Waals surface area contributed by atoms with Gasteiger partial charge >= 0.3 is 0 Å². The first-order valence-electron chi connectivity index (χ1n) is 6.18. The Hall–Kier alpha value is -0.610. The van der Waals surface area contributed by atoms with E-state index >= 15 is 0 Å². The summed E-state index contributed by atoms with van der Waals surface area (Å²) in [4.78, 5) is 13.9. The smallest absolute Gasteiger partial charge is 0.225 e. The summed E-state index contributed by atoms with van der Waals surface area (Å²) in [6.07, 6.45) is 1.95. The van der Waals surface area contributed by atoms with Crippen LogP contribution in [-0.4, -0.2) is 48.8 Å². The second kappa shape index (κ2) is 6.86. The van der Waals surface area contributed by atoms with E-state index in [1.165, 1.54) is 0 Å². The van der Waals surface area contributed by atoms with E-state index in [0.29, 0.717) is 19.0 Å². The number of hydrogen-bond acceptors (Lipinski definition) is 3. The third-order valence-corrected chi connectivity index (χ3v) is 3.43. The molecule has 0 aliphatic carbocycles. The Morgan fingerprint density at radius 3 is 2.62 bits per heavy atom. The normalized spacial score (nSPS) is 19.4. The molecule has 1 rings (SSSR count). The van der Waals surface area contributed by atoms with Crippen LogP contribution in [0.2, 0.25) is 0 Å². The lowest BCUT2D eigenvalue weighted by atomic mass is 9.86. The van der Waals surface area contributed by atoms with Crippen molar-refractivity contribution in [1.29, 1.82) is 0 Å². The first-order valence-corrected chi connectivity index (χ1v) is 6.18. The van der Waals surface area contributed by atoms with E-state index in [1.807, 2.05) is 13.8 Å². The maximum absolute atomic E-state index is 12.1. The van der Waals surface area contributed by atoms with Crippen molar-refractivity contribution in [3.63, 3.8) is 0 Å². The molecule has 1 aliphatic heterocycles. The van der Waals surface area contributed by atoms with Gasteiger partial charge in [0.25, 0.3) is 0 Å². The van der Waals surface area contributed by atoms with E-state index in [2.05, 4.69) is 0 Å². The van der Waals surface area contributed by atoms with Crippen LogP contribution in [0.5, 0.6) is 0 Å². The molecule has 4 nitrogen and oxygen atoms in total. The number of hydrogen-bond donors (Lipinski definition) is 1. The molecule has 1 saturated heterocycles. The summed E-state index contributed by atoms with van der Waals surface area (Å²) in [5.74, 6) is 0.660. The molecule has 0 spiro atoms. The van der Waals surface area contributed by atoms with Crippen LogP contribution in [0, 0.1) is 11.8 Å². The van der Waals surface area contributed by atoms with Gasteiger partial charge < -0.3 is 14.7 Å². The number of aliphatic hydroxyl groups is 1. The van der Waals surface area contributed by atoms with E-state index in [-0.39, 0.29) is 18.4 Å². The summed E-state index contributed by atoms with van der Waals surface area (Å²) in [7, 11) is 0. The summed E-state index contributed by atoms with van der Waals surface area (Å²) in [5.41, 5.74) is 0. The number of likely N-dealkylation sites (N-methyl/N-ethyl adjacent to an activating group) is 1. The fourth-order valence-corrected chi connectivity index (χ4v) is 2.25. The molecule has 16 heavy (non-hydrogen) atoms. The third kappa shape index (κ3) is 3.46. The highest BCUT2D eigenvalue weighted by atomic mass is 16.5. The molecule has 4 heteroatoms. The minimum absolute atomic E-state index is 0.0417. The Balaban J connectivity index is 2.49. The zero-order chi connectivity index (χ0) is 12.0. The number of aliphatic hydroxyl groups excluding tert-OH is 1. The van der Waals surface area contributed by atoms with Gasteiger partial charge in [-0.2, -0.15) is 0 Å². The van der Waals surface area contributed by atoms with Crippen LogP contribution < -0.4 is 0 Å². The molecule has 1 heterocycles. The minimum Gasteiger partial charge on any atom is -0.395 e. The molecule has 94 valence electrons. The van der Waals surface area contributed by atoms with Crippen molar-refractivity contribution in [3.05, 3.63) is 0 Å². The van der Waals surface area contributed by atoms with Gasteiger partial charge in [-0.15, -0.1) is 0 Å². The number of carbonyl (C=O) groups is 1. The van der Waals surface area contributed by atoms with Crippen molar-refractivity contribution in [3.8, 4) is 0 Å². The minimum atomic E-state index is 0.0417. The number of nitrogens with zero attached hydrogens (tertiary/aromatic N) is 1. The summed E-state index contributed by atoms with van der Waals surface area (Å²) >= 11 is 0. The monoisotopic (exact) mass is 229 g/mol. The second-order valence-electron chi connectivity index (χ2n) is 4.38. The van der Waals surface area contributed by atoms with E-state index < -0.39 is 0 Å². The highest BCUT2D eigenvalue weighted by molar-refractivity contribution is 5.78. The highest BCUT2D eigenvalue weighted by Gasteiger charge is 2.28. The standard InChI is InChI=1S/C12H23NO3/c1-3-13(6-7-14)12(15)10(2)11-4-8-16-9-5-11/h10-11,14H,3-9H2,1-2H3.